The number of hydrazine groups is 1. The smallest absolute Gasteiger partial charge is 0.242 e. The summed E-state index contributed by atoms with van der Waals surface area (Å²) in [5.41, 5.74) is 5.09. The van der Waals surface area contributed by atoms with E-state index in [1.165, 1.54) is 5.56 Å². The number of benzene rings is 1. The molecule has 1 aliphatic rings. The lowest BCUT2D eigenvalue weighted by atomic mass is 10.2. The van der Waals surface area contributed by atoms with Crippen molar-refractivity contribution in [3.63, 3.8) is 0 Å². The van der Waals surface area contributed by atoms with E-state index in [1.807, 2.05) is 25.1 Å². The van der Waals surface area contributed by atoms with Crippen LogP contribution in [0.3, 0.4) is 0 Å². The van der Waals surface area contributed by atoms with Gasteiger partial charge in [-0.3, -0.25) is 4.79 Å². The van der Waals surface area contributed by atoms with Crippen molar-refractivity contribution < 1.29 is 4.79 Å². The molecule has 0 spiro atoms. The Hall–Kier alpha value is -0.870. The van der Waals surface area contributed by atoms with Gasteiger partial charge in [0.05, 0.1) is 5.69 Å². The van der Waals surface area contributed by atoms with Gasteiger partial charge in [0.2, 0.25) is 5.91 Å². The molecule has 1 aromatic rings. The zero-order valence-corrected chi connectivity index (χ0v) is 9.47. The molecule has 1 saturated heterocycles. The number of nitrogens with zero attached hydrogens (tertiary/aromatic N) is 1. The number of hydrogen-bond donors (Lipinski definition) is 1. The topological polar surface area (TPSA) is 32.3 Å². The third kappa shape index (κ3) is 1.67. The van der Waals surface area contributed by atoms with E-state index in [1.54, 1.807) is 5.01 Å². The first kappa shape index (κ1) is 9.68. The van der Waals surface area contributed by atoms with Crippen LogP contribution in [0.25, 0.3) is 0 Å². The number of rotatable bonds is 1. The summed E-state index contributed by atoms with van der Waals surface area (Å²) in [4.78, 5) is 11.4. The van der Waals surface area contributed by atoms with Gasteiger partial charge >= 0.3 is 0 Å². The van der Waals surface area contributed by atoms with E-state index in [9.17, 15) is 4.79 Å². The number of amides is 1. The third-order valence-corrected chi connectivity index (χ3v) is 3.13. The summed E-state index contributed by atoms with van der Waals surface area (Å²) in [6.07, 6.45) is 0.575. The summed E-state index contributed by atoms with van der Waals surface area (Å²) in [7, 11) is 0. The molecule has 0 unspecified atom stereocenters. The zero-order chi connectivity index (χ0) is 10.1. The second-order valence-corrected chi connectivity index (χ2v) is 4.18. The van der Waals surface area contributed by atoms with E-state index in [2.05, 4.69) is 21.4 Å². The minimum Gasteiger partial charge on any atom is -0.273 e. The number of carbonyl (C=O) groups excluding carboxylic acids is 1. The van der Waals surface area contributed by atoms with Crippen molar-refractivity contribution in [2.75, 3.05) is 11.6 Å². The lowest BCUT2D eigenvalue weighted by Crippen LogP contribution is -2.33. The first-order chi connectivity index (χ1) is 6.68. The van der Waals surface area contributed by atoms with E-state index in [0.717, 1.165) is 16.7 Å². The molecule has 0 bridgehead atoms. The number of anilines is 1. The monoisotopic (exact) mass is 254 g/mol. The van der Waals surface area contributed by atoms with Gasteiger partial charge in [-0.2, -0.15) is 0 Å². The maximum Gasteiger partial charge on any atom is 0.242 e. The van der Waals surface area contributed by atoms with Gasteiger partial charge in [0.1, 0.15) is 0 Å². The van der Waals surface area contributed by atoms with Crippen molar-refractivity contribution in [2.45, 2.75) is 13.3 Å². The van der Waals surface area contributed by atoms with E-state index in [0.29, 0.717) is 6.42 Å². The molecule has 0 radical (unpaired) electrons. The standard InChI is InChI=1S/C10H11BrN2O/c1-7-2-3-8(6-9(7)11)13-10(14)4-5-12-13/h2-3,6,12H,4-5H2,1H3. The molecule has 1 aromatic carbocycles. The molecule has 1 fully saturated rings. The molecule has 14 heavy (non-hydrogen) atoms. The summed E-state index contributed by atoms with van der Waals surface area (Å²) < 4.78 is 1.02. The van der Waals surface area contributed by atoms with Crippen molar-refractivity contribution in [3.8, 4) is 0 Å². The van der Waals surface area contributed by atoms with Gasteiger partial charge in [-0.1, -0.05) is 22.0 Å². The van der Waals surface area contributed by atoms with Crippen LogP contribution in [0.4, 0.5) is 5.69 Å². The Morgan fingerprint density at radius 2 is 2.29 bits per heavy atom. The zero-order valence-electron chi connectivity index (χ0n) is 7.88. The van der Waals surface area contributed by atoms with Crippen LogP contribution in [-0.4, -0.2) is 12.5 Å². The second-order valence-electron chi connectivity index (χ2n) is 3.32. The summed E-state index contributed by atoms with van der Waals surface area (Å²) >= 11 is 3.45. The Bertz CT molecular complexity index is 378. The van der Waals surface area contributed by atoms with Gasteiger partial charge in [-0.15, -0.1) is 0 Å². The number of aryl methyl sites for hydroxylation is 1. The van der Waals surface area contributed by atoms with E-state index < -0.39 is 0 Å². The van der Waals surface area contributed by atoms with Crippen LogP contribution in [0.1, 0.15) is 12.0 Å². The molecule has 0 aromatic heterocycles. The van der Waals surface area contributed by atoms with E-state index >= 15 is 0 Å². The maximum atomic E-state index is 11.4. The molecular formula is C10H11BrN2O. The number of halogens is 1. The van der Waals surface area contributed by atoms with E-state index in [-0.39, 0.29) is 5.91 Å². The summed E-state index contributed by atoms with van der Waals surface area (Å²) in [6, 6.07) is 5.88. The van der Waals surface area contributed by atoms with Gasteiger partial charge in [0.25, 0.3) is 0 Å². The highest BCUT2D eigenvalue weighted by Gasteiger charge is 2.21. The Morgan fingerprint density at radius 3 is 2.86 bits per heavy atom. The average molecular weight is 255 g/mol. The Labute approximate surface area is 91.2 Å². The van der Waals surface area contributed by atoms with Crippen molar-refractivity contribution in [1.82, 2.24) is 5.43 Å². The molecular weight excluding hydrogens is 244 g/mol. The van der Waals surface area contributed by atoms with Crippen LogP contribution in [0.2, 0.25) is 0 Å². The SMILES string of the molecule is Cc1ccc(N2NCCC2=O)cc1Br. The molecule has 1 heterocycles. The summed E-state index contributed by atoms with van der Waals surface area (Å²) in [6.45, 7) is 2.75. The van der Waals surface area contributed by atoms with Gasteiger partial charge in [-0.05, 0) is 24.6 Å². The lowest BCUT2D eigenvalue weighted by Gasteiger charge is -2.16. The fraction of sp³-hybridized carbons (Fsp3) is 0.300. The van der Waals surface area contributed by atoms with Crippen LogP contribution in [0.15, 0.2) is 22.7 Å². The highest BCUT2D eigenvalue weighted by atomic mass is 79.9. The summed E-state index contributed by atoms with van der Waals surface area (Å²) in [5.74, 6) is 0.126. The molecule has 0 atom stereocenters. The highest BCUT2D eigenvalue weighted by molar-refractivity contribution is 9.10. The molecule has 74 valence electrons. The van der Waals surface area contributed by atoms with Crippen molar-refractivity contribution in [1.29, 1.82) is 0 Å². The van der Waals surface area contributed by atoms with Crippen LogP contribution in [0.5, 0.6) is 0 Å². The Balaban J connectivity index is 2.32. The third-order valence-electron chi connectivity index (χ3n) is 2.27. The molecule has 1 amide bonds. The Kier molecular flexibility index (Phi) is 2.56. The highest BCUT2D eigenvalue weighted by Crippen LogP contribution is 2.24. The van der Waals surface area contributed by atoms with Crippen LogP contribution < -0.4 is 10.4 Å². The van der Waals surface area contributed by atoms with Crippen LogP contribution >= 0.6 is 15.9 Å². The molecule has 1 N–H and O–H groups in total. The minimum absolute atomic E-state index is 0.126. The predicted octanol–water partition coefficient (Wildman–Crippen LogP) is 2.00. The fourth-order valence-corrected chi connectivity index (χ4v) is 1.80. The lowest BCUT2D eigenvalue weighted by molar-refractivity contribution is -0.117. The molecule has 1 aliphatic heterocycles. The maximum absolute atomic E-state index is 11.4. The molecule has 0 aliphatic carbocycles. The summed E-state index contributed by atoms with van der Waals surface area (Å²) in [5, 5.41) is 1.60. The molecule has 3 nitrogen and oxygen atoms in total. The number of hydrogen-bond acceptors (Lipinski definition) is 2. The normalized spacial score (nSPS) is 16.4. The van der Waals surface area contributed by atoms with Gasteiger partial charge in [0, 0.05) is 17.4 Å². The average Bonchev–Trinajstić information content (AvgIpc) is 2.57. The minimum atomic E-state index is 0.126. The van der Waals surface area contributed by atoms with Crippen molar-refractivity contribution in [3.05, 3.63) is 28.2 Å². The predicted molar refractivity (Wildman–Crippen MR) is 59.0 cm³/mol. The second kappa shape index (κ2) is 3.71. The molecule has 0 saturated carbocycles. The molecule has 4 heteroatoms. The quantitative estimate of drug-likeness (QED) is 0.832. The van der Waals surface area contributed by atoms with Crippen LogP contribution in [-0.2, 0) is 4.79 Å². The van der Waals surface area contributed by atoms with Gasteiger partial charge < -0.3 is 0 Å². The first-order valence-corrected chi connectivity index (χ1v) is 5.30. The number of carbonyl (C=O) groups is 1. The van der Waals surface area contributed by atoms with E-state index in [4.69, 9.17) is 0 Å². The Morgan fingerprint density at radius 1 is 1.50 bits per heavy atom. The van der Waals surface area contributed by atoms with Crippen LogP contribution in [0, 0.1) is 6.92 Å². The van der Waals surface area contributed by atoms with Crippen molar-refractivity contribution >= 4 is 27.5 Å². The van der Waals surface area contributed by atoms with Crippen molar-refractivity contribution in [2.24, 2.45) is 0 Å². The van der Waals surface area contributed by atoms with Gasteiger partial charge in [-0.25, -0.2) is 10.4 Å². The van der Waals surface area contributed by atoms with Gasteiger partial charge in [0.15, 0.2) is 0 Å². The fourth-order valence-electron chi connectivity index (χ4n) is 1.43. The number of nitrogens with one attached hydrogen (secondary N) is 1. The first-order valence-electron chi connectivity index (χ1n) is 4.51. The molecule has 2 rings (SSSR count). The largest absolute Gasteiger partial charge is 0.273 e.